The smallest absolute Gasteiger partial charge is 0.410 e. The van der Waals surface area contributed by atoms with E-state index in [2.05, 4.69) is 5.32 Å². The largest absolute Gasteiger partial charge is 0.447 e. The predicted octanol–water partition coefficient (Wildman–Crippen LogP) is 3.32. The van der Waals surface area contributed by atoms with Gasteiger partial charge in [-0.1, -0.05) is 0 Å². The fourth-order valence-corrected chi connectivity index (χ4v) is 2.67. The van der Waals surface area contributed by atoms with Crippen molar-refractivity contribution in [2.24, 2.45) is 0 Å². The fraction of sp³-hybridized carbons (Fsp3) is 0.562. The number of nitro groups is 1. The molecule has 0 saturated carbocycles. The normalized spacial score (nSPS) is 15.6. The van der Waals surface area contributed by atoms with E-state index < -0.39 is 0 Å². The number of piperidine rings is 1. The molecule has 0 unspecified atom stereocenters. The lowest BCUT2D eigenvalue weighted by Gasteiger charge is -2.32. The van der Waals surface area contributed by atoms with E-state index in [-0.39, 0.29) is 28.8 Å². The second kappa shape index (κ2) is 7.30. The first-order valence-corrected chi connectivity index (χ1v) is 7.84. The van der Waals surface area contributed by atoms with E-state index in [1.54, 1.807) is 24.0 Å². The molecule has 0 aliphatic carbocycles. The van der Waals surface area contributed by atoms with Crippen molar-refractivity contribution in [3.05, 3.63) is 33.9 Å². The van der Waals surface area contributed by atoms with Gasteiger partial charge >= 0.3 is 6.09 Å². The standard InChI is InChI=1S/C16H23N3O4/c1-11(2)23-16(20)18-8-6-13(7-9-18)17-14-4-5-15(19(21)22)12(3)10-14/h4-5,10-11,13,17H,6-9H2,1-3H3. The molecule has 1 N–H and O–H groups in total. The van der Waals surface area contributed by atoms with Crippen LogP contribution in [0.2, 0.25) is 0 Å². The summed E-state index contributed by atoms with van der Waals surface area (Å²) in [5, 5.41) is 14.2. The maximum Gasteiger partial charge on any atom is 0.410 e. The number of nitrogens with zero attached hydrogens (tertiary/aromatic N) is 2. The van der Waals surface area contributed by atoms with Crippen LogP contribution in [0.1, 0.15) is 32.3 Å². The maximum absolute atomic E-state index is 11.8. The monoisotopic (exact) mass is 321 g/mol. The lowest BCUT2D eigenvalue weighted by atomic mass is 10.0. The molecule has 1 fully saturated rings. The third kappa shape index (κ3) is 4.58. The summed E-state index contributed by atoms with van der Waals surface area (Å²) in [6.45, 7) is 6.70. The molecule has 126 valence electrons. The summed E-state index contributed by atoms with van der Waals surface area (Å²) in [7, 11) is 0. The van der Waals surface area contributed by atoms with E-state index in [1.807, 2.05) is 13.8 Å². The number of hydrogen-bond acceptors (Lipinski definition) is 5. The number of aryl methyl sites for hydroxylation is 1. The molecular formula is C16H23N3O4. The first kappa shape index (κ1) is 17.1. The van der Waals surface area contributed by atoms with Crippen LogP contribution >= 0.6 is 0 Å². The van der Waals surface area contributed by atoms with Crippen LogP contribution in [0.3, 0.4) is 0 Å². The van der Waals surface area contributed by atoms with Crippen molar-refractivity contribution in [1.82, 2.24) is 4.90 Å². The highest BCUT2D eigenvalue weighted by Gasteiger charge is 2.24. The van der Waals surface area contributed by atoms with Gasteiger partial charge in [0.1, 0.15) is 0 Å². The Kier molecular flexibility index (Phi) is 5.41. The number of anilines is 1. The quantitative estimate of drug-likeness (QED) is 0.679. The molecule has 2 rings (SSSR count). The summed E-state index contributed by atoms with van der Waals surface area (Å²) in [6, 6.07) is 5.29. The number of likely N-dealkylation sites (tertiary alicyclic amines) is 1. The number of rotatable bonds is 4. The van der Waals surface area contributed by atoms with Crippen molar-refractivity contribution in [3.8, 4) is 0 Å². The van der Waals surface area contributed by atoms with E-state index >= 15 is 0 Å². The van der Waals surface area contributed by atoms with Gasteiger partial charge in [-0.25, -0.2) is 4.79 Å². The van der Waals surface area contributed by atoms with Crippen molar-refractivity contribution >= 4 is 17.5 Å². The fourth-order valence-electron chi connectivity index (χ4n) is 2.67. The number of carbonyl (C=O) groups is 1. The Morgan fingerprint density at radius 2 is 2.04 bits per heavy atom. The Labute approximate surface area is 135 Å². The van der Waals surface area contributed by atoms with Crippen LogP contribution in [0.15, 0.2) is 18.2 Å². The molecule has 7 heteroatoms. The van der Waals surface area contributed by atoms with Crippen LogP contribution in [0.25, 0.3) is 0 Å². The van der Waals surface area contributed by atoms with Crippen LogP contribution in [-0.2, 0) is 4.74 Å². The average molecular weight is 321 g/mol. The number of carbonyl (C=O) groups excluding carboxylic acids is 1. The summed E-state index contributed by atoms with van der Waals surface area (Å²) in [4.78, 5) is 24.0. The molecule has 1 aliphatic rings. The Morgan fingerprint density at radius 3 is 2.57 bits per heavy atom. The number of amides is 1. The van der Waals surface area contributed by atoms with Gasteiger partial charge in [0, 0.05) is 36.4 Å². The first-order chi connectivity index (χ1) is 10.9. The van der Waals surface area contributed by atoms with Crippen LogP contribution in [0.4, 0.5) is 16.2 Å². The molecule has 1 amide bonds. The Bertz CT molecular complexity index is 581. The highest BCUT2D eigenvalue weighted by Crippen LogP contribution is 2.24. The number of nitro benzene ring substituents is 1. The SMILES string of the molecule is Cc1cc(NC2CCN(C(=O)OC(C)C)CC2)ccc1[N+](=O)[O-]. The second-order valence-corrected chi connectivity index (χ2v) is 6.10. The molecule has 0 atom stereocenters. The third-order valence-electron chi connectivity index (χ3n) is 3.85. The van der Waals surface area contributed by atoms with Crippen molar-refractivity contribution in [2.75, 3.05) is 18.4 Å². The Balaban J connectivity index is 1.88. The van der Waals surface area contributed by atoms with Crippen molar-refractivity contribution in [2.45, 2.75) is 45.8 Å². The predicted molar refractivity (Wildman–Crippen MR) is 87.7 cm³/mol. The van der Waals surface area contributed by atoms with Gasteiger partial charge < -0.3 is 15.0 Å². The summed E-state index contributed by atoms with van der Waals surface area (Å²) in [5.41, 5.74) is 1.64. The molecule has 1 aromatic carbocycles. The Hall–Kier alpha value is -2.31. The second-order valence-electron chi connectivity index (χ2n) is 6.10. The highest BCUT2D eigenvalue weighted by atomic mass is 16.6. The highest BCUT2D eigenvalue weighted by molar-refractivity contribution is 5.68. The molecule has 1 aliphatic heterocycles. The maximum atomic E-state index is 11.8. The van der Waals surface area contributed by atoms with Gasteiger partial charge in [-0.2, -0.15) is 0 Å². The summed E-state index contributed by atoms with van der Waals surface area (Å²) < 4.78 is 5.20. The molecule has 1 heterocycles. The third-order valence-corrected chi connectivity index (χ3v) is 3.85. The molecule has 7 nitrogen and oxygen atoms in total. The van der Waals surface area contributed by atoms with Gasteiger partial charge in [0.15, 0.2) is 0 Å². The van der Waals surface area contributed by atoms with E-state index in [9.17, 15) is 14.9 Å². The van der Waals surface area contributed by atoms with Gasteiger partial charge in [0.2, 0.25) is 0 Å². The van der Waals surface area contributed by atoms with Crippen molar-refractivity contribution < 1.29 is 14.5 Å². The minimum absolute atomic E-state index is 0.110. The zero-order chi connectivity index (χ0) is 17.0. The molecule has 1 aromatic rings. The van der Waals surface area contributed by atoms with Gasteiger partial charge in [0.05, 0.1) is 11.0 Å². The topological polar surface area (TPSA) is 84.7 Å². The van der Waals surface area contributed by atoms with Crippen LogP contribution in [0, 0.1) is 17.0 Å². The zero-order valence-electron chi connectivity index (χ0n) is 13.7. The summed E-state index contributed by atoms with van der Waals surface area (Å²) in [6.07, 6.45) is 1.28. The molecule has 0 bridgehead atoms. The first-order valence-electron chi connectivity index (χ1n) is 7.84. The van der Waals surface area contributed by atoms with Crippen molar-refractivity contribution in [1.29, 1.82) is 0 Å². The van der Waals surface area contributed by atoms with Gasteiger partial charge in [-0.3, -0.25) is 10.1 Å². The van der Waals surface area contributed by atoms with Crippen LogP contribution < -0.4 is 5.32 Å². The number of nitrogens with one attached hydrogen (secondary N) is 1. The van der Waals surface area contributed by atoms with Gasteiger partial charge in [-0.15, -0.1) is 0 Å². The van der Waals surface area contributed by atoms with Crippen LogP contribution in [-0.4, -0.2) is 41.2 Å². The molecule has 1 saturated heterocycles. The number of benzene rings is 1. The van der Waals surface area contributed by atoms with Gasteiger partial charge in [0.25, 0.3) is 5.69 Å². The van der Waals surface area contributed by atoms with Gasteiger partial charge in [-0.05, 0) is 45.7 Å². The average Bonchev–Trinajstić information content (AvgIpc) is 2.47. The summed E-state index contributed by atoms with van der Waals surface area (Å²) >= 11 is 0. The Morgan fingerprint density at radius 1 is 1.39 bits per heavy atom. The van der Waals surface area contributed by atoms with E-state index in [0.29, 0.717) is 18.7 Å². The van der Waals surface area contributed by atoms with E-state index in [4.69, 9.17) is 4.74 Å². The molecular weight excluding hydrogens is 298 g/mol. The zero-order valence-corrected chi connectivity index (χ0v) is 13.7. The molecule has 0 spiro atoms. The minimum atomic E-state index is -0.377. The lowest BCUT2D eigenvalue weighted by Crippen LogP contribution is -2.43. The number of hydrogen-bond donors (Lipinski definition) is 1. The summed E-state index contributed by atoms with van der Waals surface area (Å²) in [5.74, 6) is 0. The molecule has 23 heavy (non-hydrogen) atoms. The van der Waals surface area contributed by atoms with E-state index in [0.717, 1.165) is 18.5 Å². The lowest BCUT2D eigenvalue weighted by molar-refractivity contribution is -0.385. The molecule has 0 radical (unpaired) electrons. The molecule has 0 aromatic heterocycles. The van der Waals surface area contributed by atoms with Crippen molar-refractivity contribution in [3.63, 3.8) is 0 Å². The van der Waals surface area contributed by atoms with Crippen LogP contribution in [0.5, 0.6) is 0 Å². The number of ether oxygens (including phenoxy) is 1. The minimum Gasteiger partial charge on any atom is -0.447 e. The van der Waals surface area contributed by atoms with E-state index in [1.165, 1.54) is 6.07 Å².